The number of rotatable bonds is 8. The number of aromatic nitrogens is 1. The molecule has 1 unspecified atom stereocenters. The molecule has 1 aromatic heterocycles. The Labute approximate surface area is 171 Å². The average Bonchev–Trinajstić information content (AvgIpc) is 3.19. The minimum Gasteiger partial charge on any atom is -0.359 e. The molecule has 0 radical (unpaired) electrons. The first-order chi connectivity index (χ1) is 14.0. The molecule has 1 aliphatic heterocycles. The van der Waals surface area contributed by atoms with E-state index in [4.69, 9.17) is 4.52 Å². The molecule has 0 aliphatic carbocycles. The first kappa shape index (κ1) is 20.8. The van der Waals surface area contributed by atoms with Gasteiger partial charge in [0.2, 0.25) is 11.8 Å². The lowest BCUT2D eigenvalue weighted by molar-refractivity contribution is -0.133. The maximum Gasteiger partial charge on any atom is 0.237 e. The zero-order valence-electron chi connectivity index (χ0n) is 16.9. The number of nitrogens with one attached hydrogen (secondary N) is 2. The van der Waals surface area contributed by atoms with Gasteiger partial charge in [0.1, 0.15) is 0 Å². The third-order valence-corrected chi connectivity index (χ3v) is 4.90. The molecule has 0 bridgehead atoms. The molecule has 1 fully saturated rings. The van der Waals surface area contributed by atoms with Crippen LogP contribution in [0.25, 0.3) is 6.08 Å². The Morgan fingerprint density at radius 1 is 1.38 bits per heavy atom. The number of hydrogen-bond donors (Lipinski definition) is 2. The van der Waals surface area contributed by atoms with Crippen molar-refractivity contribution in [3.05, 3.63) is 59.5 Å². The topological polar surface area (TPSA) is 87.5 Å². The molecule has 2 N–H and O–H groups in total. The smallest absolute Gasteiger partial charge is 0.237 e. The van der Waals surface area contributed by atoms with E-state index < -0.39 is 6.04 Å². The van der Waals surface area contributed by atoms with Gasteiger partial charge in [-0.3, -0.25) is 14.5 Å². The molecule has 1 saturated heterocycles. The fourth-order valence-corrected chi connectivity index (χ4v) is 3.21. The van der Waals surface area contributed by atoms with Crippen LogP contribution in [0.2, 0.25) is 0 Å². The molecular formula is C22H28N4O3. The van der Waals surface area contributed by atoms with Gasteiger partial charge in [-0.15, -0.1) is 0 Å². The van der Waals surface area contributed by atoms with Gasteiger partial charge in [0.05, 0.1) is 24.7 Å². The maximum absolute atomic E-state index is 12.4. The first-order valence-electron chi connectivity index (χ1n) is 9.98. The monoisotopic (exact) mass is 396 g/mol. The SMILES string of the molecule is CC(C)c1cc(CNC(=O)CC2C(=O)NCCN2C/C=C/c2ccccc2)on1. The van der Waals surface area contributed by atoms with Crippen LogP contribution in [0, 0.1) is 0 Å². The van der Waals surface area contributed by atoms with Crippen LogP contribution < -0.4 is 10.6 Å². The summed E-state index contributed by atoms with van der Waals surface area (Å²) in [5, 5.41) is 9.66. The van der Waals surface area contributed by atoms with Gasteiger partial charge >= 0.3 is 0 Å². The molecule has 7 heteroatoms. The van der Waals surface area contributed by atoms with Crippen LogP contribution in [-0.2, 0) is 16.1 Å². The highest BCUT2D eigenvalue weighted by Crippen LogP contribution is 2.14. The number of carbonyl (C=O) groups is 2. The summed E-state index contributed by atoms with van der Waals surface area (Å²) < 4.78 is 5.24. The van der Waals surface area contributed by atoms with E-state index in [1.807, 2.05) is 67.3 Å². The van der Waals surface area contributed by atoms with E-state index in [-0.39, 0.29) is 30.7 Å². The minimum absolute atomic E-state index is 0.107. The van der Waals surface area contributed by atoms with Crippen molar-refractivity contribution in [2.75, 3.05) is 19.6 Å². The van der Waals surface area contributed by atoms with Crippen molar-refractivity contribution in [1.82, 2.24) is 20.7 Å². The van der Waals surface area contributed by atoms with Crippen molar-refractivity contribution in [2.45, 2.75) is 38.8 Å². The number of nitrogens with zero attached hydrogens (tertiary/aromatic N) is 2. The van der Waals surface area contributed by atoms with Crippen molar-refractivity contribution in [2.24, 2.45) is 0 Å². The van der Waals surface area contributed by atoms with Crippen molar-refractivity contribution < 1.29 is 14.1 Å². The summed E-state index contributed by atoms with van der Waals surface area (Å²) in [7, 11) is 0. The predicted molar refractivity (Wildman–Crippen MR) is 111 cm³/mol. The van der Waals surface area contributed by atoms with Crippen molar-refractivity contribution in [1.29, 1.82) is 0 Å². The predicted octanol–water partition coefficient (Wildman–Crippen LogP) is 2.32. The number of hydrogen-bond acceptors (Lipinski definition) is 5. The number of piperazine rings is 1. The van der Waals surface area contributed by atoms with Gasteiger partial charge in [-0.1, -0.05) is 61.5 Å². The maximum atomic E-state index is 12.4. The zero-order valence-corrected chi connectivity index (χ0v) is 16.9. The molecule has 0 spiro atoms. The van der Waals surface area contributed by atoms with Crippen LogP contribution in [0.5, 0.6) is 0 Å². The molecule has 3 rings (SSSR count). The van der Waals surface area contributed by atoms with Gasteiger partial charge in [-0.05, 0) is 11.5 Å². The van der Waals surface area contributed by atoms with Gasteiger partial charge in [-0.25, -0.2) is 0 Å². The highest BCUT2D eigenvalue weighted by atomic mass is 16.5. The summed E-state index contributed by atoms with van der Waals surface area (Å²) in [6.07, 6.45) is 4.16. The normalized spacial score (nSPS) is 17.6. The highest BCUT2D eigenvalue weighted by Gasteiger charge is 2.30. The van der Waals surface area contributed by atoms with E-state index in [2.05, 4.69) is 15.8 Å². The summed E-state index contributed by atoms with van der Waals surface area (Å²) >= 11 is 0. The third-order valence-electron chi connectivity index (χ3n) is 4.90. The molecule has 2 heterocycles. The standard InChI is InChI=1S/C22H28N4O3/c1-16(2)19-13-18(29-25-19)15-24-21(27)14-20-22(28)23-10-12-26(20)11-6-9-17-7-4-3-5-8-17/h3-9,13,16,20H,10-12,14-15H2,1-2H3,(H,23,28)(H,24,27)/b9-6+. The zero-order chi connectivity index (χ0) is 20.6. The molecule has 1 aliphatic rings. The summed E-state index contributed by atoms with van der Waals surface area (Å²) in [6, 6.07) is 11.4. The average molecular weight is 396 g/mol. The molecule has 0 saturated carbocycles. The van der Waals surface area contributed by atoms with Gasteiger partial charge in [0, 0.05) is 25.7 Å². The lowest BCUT2D eigenvalue weighted by atomic mass is 10.1. The summed E-state index contributed by atoms with van der Waals surface area (Å²) in [5.74, 6) is 0.581. The number of benzene rings is 1. The summed E-state index contributed by atoms with van der Waals surface area (Å²) in [5.41, 5.74) is 1.97. The van der Waals surface area contributed by atoms with E-state index in [1.54, 1.807) is 0 Å². The number of amides is 2. The lowest BCUT2D eigenvalue weighted by Gasteiger charge is -2.33. The largest absolute Gasteiger partial charge is 0.359 e. The van der Waals surface area contributed by atoms with Crippen LogP contribution in [-0.4, -0.2) is 47.5 Å². The van der Waals surface area contributed by atoms with Crippen molar-refractivity contribution >= 4 is 17.9 Å². The quantitative estimate of drug-likeness (QED) is 0.715. The van der Waals surface area contributed by atoms with Crippen molar-refractivity contribution in [3.8, 4) is 0 Å². The van der Waals surface area contributed by atoms with Crippen LogP contribution in [0.1, 0.15) is 43.2 Å². The summed E-state index contributed by atoms with van der Waals surface area (Å²) in [6.45, 7) is 6.24. The second-order valence-electron chi connectivity index (χ2n) is 7.47. The Balaban J connectivity index is 1.53. The number of carbonyl (C=O) groups excluding carboxylic acids is 2. The molecule has 154 valence electrons. The molecule has 2 amide bonds. The van der Waals surface area contributed by atoms with E-state index in [0.29, 0.717) is 25.4 Å². The molecule has 7 nitrogen and oxygen atoms in total. The Kier molecular flexibility index (Phi) is 7.19. The Morgan fingerprint density at radius 2 is 2.17 bits per heavy atom. The molecule has 2 aromatic rings. The van der Waals surface area contributed by atoms with Crippen LogP contribution in [0.4, 0.5) is 0 Å². The highest BCUT2D eigenvalue weighted by molar-refractivity contribution is 5.88. The van der Waals surface area contributed by atoms with E-state index in [0.717, 1.165) is 11.3 Å². The van der Waals surface area contributed by atoms with Gasteiger partial charge in [-0.2, -0.15) is 0 Å². The van der Waals surface area contributed by atoms with Gasteiger partial charge in [0.25, 0.3) is 0 Å². The Bertz CT molecular complexity index is 845. The summed E-state index contributed by atoms with van der Waals surface area (Å²) in [4.78, 5) is 26.8. The van der Waals surface area contributed by atoms with Gasteiger partial charge in [0.15, 0.2) is 5.76 Å². The third kappa shape index (κ3) is 6.02. The second-order valence-corrected chi connectivity index (χ2v) is 7.47. The molecule has 1 atom stereocenters. The Hall–Kier alpha value is -2.93. The van der Waals surface area contributed by atoms with Crippen LogP contribution >= 0.6 is 0 Å². The fourth-order valence-electron chi connectivity index (χ4n) is 3.21. The molecule has 1 aromatic carbocycles. The Morgan fingerprint density at radius 3 is 2.90 bits per heavy atom. The second kappa shape index (κ2) is 10.0. The van der Waals surface area contributed by atoms with Crippen LogP contribution in [0.15, 0.2) is 47.0 Å². The first-order valence-corrected chi connectivity index (χ1v) is 9.98. The minimum atomic E-state index is -0.481. The van der Waals surface area contributed by atoms with Gasteiger partial charge < -0.3 is 15.2 Å². The van der Waals surface area contributed by atoms with E-state index in [9.17, 15) is 9.59 Å². The molecular weight excluding hydrogens is 368 g/mol. The van der Waals surface area contributed by atoms with E-state index in [1.165, 1.54) is 0 Å². The van der Waals surface area contributed by atoms with Crippen molar-refractivity contribution in [3.63, 3.8) is 0 Å². The lowest BCUT2D eigenvalue weighted by Crippen LogP contribution is -2.56. The van der Waals surface area contributed by atoms with Crippen LogP contribution in [0.3, 0.4) is 0 Å². The fraction of sp³-hybridized carbons (Fsp3) is 0.409. The van der Waals surface area contributed by atoms with E-state index >= 15 is 0 Å². The molecule has 29 heavy (non-hydrogen) atoms.